The first-order chi connectivity index (χ1) is 10.7. The SMILES string of the molecule is CC1CCN(Cc2ccccc2Oc2cccnc2)CC1O. The van der Waals surface area contributed by atoms with Gasteiger partial charge in [-0.15, -0.1) is 0 Å². The fraction of sp³-hybridized carbons (Fsp3) is 0.389. The van der Waals surface area contributed by atoms with Gasteiger partial charge in [0.25, 0.3) is 0 Å². The molecular weight excluding hydrogens is 276 g/mol. The van der Waals surface area contributed by atoms with E-state index in [1.807, 2.05) is 30.3 Å². The molecule has 2 atom stereocenters. The van der Waals surface area contributed by atoms with E-state index in [-0.39, 0.29) is 6.10 Å². The first kappa shape index (κ1) is 15.0. The summed E-state index contributed by atoms with van der Waals surface area (Å²) in [5, 5.41) is 10.0. The van der Waals surface area contributed by atoms with Crippen molar-refractivity contribution in [2.75, 3.05) is 13.1 Å². The molecule has 2 aromatic rings. The number of aliphatic hydroxyl groups excluding tert-OH is 1. The first-order valence-electron chi connectivity index (χ1n) is 7.78. The highest BCUT2D eigenvalue weighted by Gasteiger charge is 2.24. The van der Waals surface area contributed by atoms with Crippen LogP contribution in [0, 0.1) is 5.92 Å². The Morgan fingerprint density at radius 3 is 2.91 bits per heavy atom. The van der Waals surface area contributed by atoms with Gasteiger partial charge in [0.1, 0.15) is 11.5 Å². The van der Waals surface area contributed by atoms with Crippen LogP contribution in [0.2, 0.25) is 0 Å². The van der Waals surface area contributed by atoms with Gasteiger partial charge in [0.05, 0.1) is 12.3 Å². The number of nitrogens with zero attached hydrogens (tertiary/aromatic N) is 2. The molecule has 4 heteroatoms. The maximum Gasteiger partial charge on any atom is 0.145 e. The summed E-state index contributed by atoms with van der Waals surface area (Å²) in [5.74, 6) is 1.98. The van der Waals surface area contributed by atoms with E-state index in [9.17, 15) is 5.11 Å². The van der Waals surface area contributed by atoms with E-state index in [0.717, 1.165) is 43.1 Å². The van der Waals surface area contributed by atoms with Crippen LogP contribution < -0.4 is 4.74 Å². The van der Waals surface area contributed by atoms with E-state index in [1.165, 1.54) is 0 Å². The van der Waals surface area contributed by atoms with Gasteiger partial charge in [0, 0.05) is 24.8 Å². The van der Waals surface area contributed by atoms with E-state index in [1.54, 1.807) is 12.4 Å². The predicted molar refractivity (Wildman–Crippen MR) is 85.8 cm³/mol. The average molecular weight is 298 g/mol. The molecule has 0 radical (unpaired) electrons. The second-order valence-corrected chi connectivity index (χ2v) is 5.97. The van der Waals surface area contributed by atoms with Crippen LogP contribution in [-0.2, 0) is 6.54 Å². The number of β-amino-alcohol motifs (C(OH)–C–C–N with tert-alkyl or cyclic N) is 1. The highest BCUT2D eigenvalue weighted by Crippen LogP contribution is 2.27. The smallest absolute Gasteiger partial charge is 0.145 e. The lowest BCUT2D eigenvalue weighted by molar-refractivity contribution is 0.0257. The van der Waals surface area contributed by atoms with Crippen LogP contribution in [0.5, 0.6) is 11.5 Å². The minimum absolute atomic E-state index is 0.236. The van der Waals surface area contributed by atoms with Crippen LogP contribution in [0.25, 0.3) is 0 Å². The third-order valence-corrected chi connectivity index (χ3v) is 4.23. The molecule has 1 aliphatic heterocycles. The molecule has 1 saturated heterocycles. The Balaban J connectivity index is 1.71. The summed E-state index contributed by atoms with van der Waals surface area (Å²) in [4.78, 5) is 6.36. The summed E-state index contributed by atoms with van der Waals surface area (Å²) in [6.45, 7) is 4.64. The third-order valence-electron chi connectivity index (χ3n) is 4.23. The van der Waals surface area contributed by atoms with Crippen molar-refractivity contribution in [1.82, 2.24) is 9.88 Å². The Hall–Kier alpha value is -1.91. The van der Waals surface area contributed by atoms with Gasteiger partial charge in [-0.3, -0.25) is 9.88 Å². The fourth-order valence-corrected chi connectivity index (χ4v) is 2.77. The van der Waals surface area contributed by atoms with Crippen molar-refractivity contribution in [1.29, 1.82) is 0 Å². The van der Waals surface area contributed by atoms with Gasteiger partial charge in [-0.25, -0.2) is 0 Å². The topological polar surface area (TPSA) is 45.6 Å². The zero-order valence-electron chi connectivity index (χ0n) is 12.9. The Morgan fingerprint density at radius 1 is 1.27 bits per heavy atom. The van der Waals surface area contributed by atoms with Gasteiger partial charge in [-0.2, -0.15) is 0 Å². The van der Waals surface area contributed by atoms with E-state index in [4.69, 9.17) is 4.74 Å². The minimum Gasteiger partial charge on any atom is -0.455 e. The molecule has 22 heavy (non-hydrogen) atoms. The number of benzene rings is 1. The highest BCUT2D eigenvalue weighted by molar-refractivity contribution is 5.37. The lowest BCUT2D eigenvalue weighted by Gasteiger charge is -2.34. The number of hydrogen-bond acceptors (Lipinski definition) is 4. The van der Waals surface area contributed by atoms with E-state index in [0.29, 0.717) is 5.92 Å². The second kappa shape index (κ2) is 6.90. The van der Waals surface area contributed by atoms with Gasteiger partial charge in [0.2, 0.25) is 0 Å². The Morgan fingerprint density at radius 2 is 2.14 bits per heavy atom. The molecule has 0 spiro atoms. The van der Waals surface area contributed by atoms with E-state index < -0.39 is 0 Å². The molecule has 0 saturated carbocycles. The number of ether oxygens (including phenoxy) is 1. The fourth-order valence-electron chi connectivity index (χ4n) is 2.77. The van der Waals surface area contributed by atoms with Crippen LogP contribution in [0.15, 0.2) is 48.8 Å². The lowest BCUT2D eigenvalue weighted by atomic mass is 9.96. The van der Waals surface area contributed by atoms with Crippen molar-refractivity contribution in [3.63, 3.8) is 0 Å². The van der Waals surface area contributed by atoms with Crippen LogP contribution >= 0.6 is 0 Å². The van der Waals surface area contributed by atoms with Gasteiger partial charge in [0.15, 0.2) is 0 Å². The van der Waals surface area contributed by atoms with E-state index in [2.05, 4.69) is 22.9 Å². The molecular formula is C18H22N2O2. The highest BCUT2D eigenvalue weighted by atomic mass is 16.5. The third kappa shape index (κ3) is 3.64. The Kier molecular flexibility index (Phi) is 4.71. The van der Waals surface area contributed by atoms with Crippen molar-refractivity contribution >= 4 is 0 Å². The van der Waals surface area contributed by atoms with Crippen molar-refractivity contribution in [2.45, 2.75) is 26.0 Å². The van der Waals surface area contributed by atoms with Crippen molar-refractivity contribution in [2.24, 2.45) is 5.92 Å². The number of rotatable bonds is 4. The molecule has 4 nitrogen and oxygen atoms in total. The largest absolute Gasteiger partial charge is 0.455 e. The van der Waals surface area contributed by atoms with Crippen molar-refractivity contribution in [3.05, 3.63) is 54.4 Å². The Bertz CT molecular complexity index is 603. The molecule has 0 bridgehead atoms. The zero-order chi connectivity index (χ0) is 15.4. The number of para-hydroxylation sites is 1. The summed E-state index contributed by atoms with van der Waals surface area (Å²) in [7, 11) is 0. The van der Waals surface area contributed by atoms with Crippen molar-refractivity contribution < 1.29 is 9.84 Å². The number of likely N-dealkylation sites (tertiary alicyclic amines) is 1. The van der Waals surface area contributed by atoms with Crippen LogP contribution in [0.1, 0.15) is 18.9 Å². The molecule has 0 amide bonds. The molecule has 1 fully saturated rings. The van der Waals surface area contributed by atoms with E-state index >= 15 is 0 Å². The molecule has 116 valence electrons. The molecule has 1 aromatic heterocycles. The molecule has 2 heterocycles. The monoisotopic (exact) mass is 298 g/mol. The molecule has 1 N–H and O–H groups in total. The average Bonchev–Trinajstić information content (AvgIpc) is 2.54. The predicted octanol–water partition coefficient (Wildman–Crippen LogP) is 3.08. The standard InChI is InChI=1S/C18H22N2O2/c1-14-8-10-20(13-17(14)21)12-15-5-2-3-7-18(15)22-16-6-4-9-19-11-16/h2-7,9,11,14,17,21H,8,10,12-13H2,1H3. The lowest BCUT2D eigenvalue weighted by Crippen LogP contribution is -2.42. The molecule has 0 aliphatic carbocycles. The second-order valence-electron chi connectivity index (χ2n) is 5.97. The van der Waals surface area contributed by atoms with Gasteiger partial charge >= 0.3 is 0 Å². The number of aromatic nitrogens is 1. The summed E-state index contributed by atoms with van der Waals surface area (Å²) in [5.41, 5.74) is 1.13. The van der Waals surface area contributed by atoms with Gasteiger partial charge in [-0.1, -0.05) is 25.1 Å². The van der Waals surface area contributed by atoms with Gasteiger partial charge in [-0.05, 0) is 37.1 Å². The zero-order valence-corrected chi connectivity index (χ0v) is 12.9. The van der Waals surface area contributed by atoms with Crippen LogP contribution in [-0.4, -0.2) is 34.2 Å². The molecule has 1 aromatic carbocycles. The summed E-state index contributed by atoms with van der Waals surface area (Å²) < 4.78 is 5.95. The number of piperidine rings is 1. The quantitative estimate of drug-likeness (QED) is 0.942. The summed E-state index contributed by atoms with van der Waals surface area (Å²) in [6, 6.07) is 11.8. The minimum atomic E-state index is -0.236. The number of pyridine rings is 1. The van der Waals surface area contributed by atoms with Crippen molar-refractivity contribution in [3.8, 4) is 11.5 Å². The van der Waals surface area contributed by atoms with Crippen LogP contribution in [0.3, 0.4) is 0 Å². The number of hydrogen-bond donors (Lipinski definition) is 1. The normalized spacial score (nSPS) is 22.5. The molecule has 2 unspecified atom stereocenters. The molecule has 3 rings (SSSR count). The molecule has 1 aliphatic rings. The summed E-state index contributed by atoms with van der Waals surface area (Å²) >= 11 is 0. The first-order valence-corrected chi connectivity index (χ1v) is 7.78. The summed E-state index contributed by atoms with van der Waals surface area (Å²) in [6.07, 6.45) is 4.24. The number of aliphatic hydroxyl groups is 1. The van der Waals surface area contributed by atoms with Gasteiger partial charge < -0.3 is 9.84 Å². The maximum atomic E-state index is 10.0. The maximum absolute atomic E-state index is 10.0. The van der Waals surface area contributed by atoms with Crippen LogP contribution in [0.4, 0.5) is 0 Å². The Labute approximate surface area is 131 Å².